The Bertz CT molecular complexity index is 3250. The van der Waals surface area contributed by atoms with Gasteiger partial charge in [-0.3, -0.25) is 0 Å². The highest BCUT2D eigenvalue weighted by Gasteiger charge is 2.46. The average molecular weight is 779 g/mol. The van der Waals surface area contributed by atoms with Crippen LogP contribution in [0.3, 0.4) is 0 Å². The summed E-state index contributed by atoms with van der Waals surface area (Å²) in [5, 5.41) is 3.70. The van der Waals surface area contributed by atoms with Crippen LogP contribution in [0.5, 0.6) is 0 Å². The molecule has 0 unspecified atom stereocenters. The Hall–Kier alpha value is -7.68. The van der Waals surface area contributed by atoms with Crippen LogP contribution in [0, 0.1) is 0 Å². The van der Waals surface area contributed by atoms with Gasteiger partial charge in [0.2, 0.25) is 0 Å². The number of hydrogen-bond donors (Lipinski definition) is 0. The zero-order chi connectivity index (χ0) is 40.3. The Labute approximate surface area is 356 Å². The molecule has 2 heteroatoms. The van der Waals surface area contributed by atoms with Crippen LogP contribution in [0.4, 0.5) is 17.1 Å². The minimum absolute atomic E-state index is 0.525. The summed E-state index contributed by atoms with van der Waals surface area (Å²) in [5.41, 5.74) is 18.0. The van der Waals surface area contributed by atoms with Gasteiger partial charge in [0.05, 0.1) is 16.6 Å². The van der Waals surface area contributed by atoms with E-state index in [0.717, 1.165) is 29.9 Å². The van der Waals surface area contributed by atoms with E-state index in [-0.39, 0.29) is 0 Å². The van der Waals surface area contributed by atoms with E-state index in [2.05, 4.69) is 240 Å². The third kappa shape index (κ3) is 5.42. The van der Waals surface area contributed by atoms with Crippen molar-refractivity contribution in [3.63, 3.8) is 0 Å². The largest absolute Gasteiger partial charge is 0.313 e. The second kappa shape index (κ2) is 14.3. The lowest BCUT2D eigenvalue weighted by molar-refractivity contribution is 0.768. The van der Waals surface area contributed by atoms with E-state index in [9.17, 15) is 0 Å². The van der Waals surface area contributed by atoms with E-state index >= 15 is 0 Å². The van der Waals surface area contributed by atoms with Crippen molar-refractivity contribution in [3.8, 4) is 27.9 Å². The van der Waals surface area contributed by atoms with Crippen molar-refractivity contribution in [3.05, 3.63) is 258 Å². The van der Waals surface area contributed by atoms with Gasteiger partial charge in [0, 0.05) is 39.3 Å². The molecule has 288 valence electrons. The molecule has 0 aliphatic heterocycles. The lowest BCUT2D eigenvalue weighted by Gasteiger charge is -2.35. The van der Waals surface area contributed by atoms with Crippen LogP contribution in [-0.2, 0) is 11.8 Å². The van der Waals surface area contributed by atoms with Crippen molar-refractivity contribution in [1.82, 2.24) is 4.57 Å². The fourth-order valence-electron chi connectivity index (χ4n) is 10.6. The minimum Gasteiger partial charge on any atom is -0.313 e. The molecule has 0 spiro atoms. The molecule has 2 aliphatic carbocycles. The van der Waals surface area contributed by atoms with Crippen LogP contribution in [0.2, 0.25) is 0 Å². The number of rotatable bonds is 7. The number of para-hydroxylation sites is 1. The molecule has 2 nitrogen and oxygen atoms in total. The minimum atomic E-state index is -0.525. The normalized spacial score (nSPS) is 13.5. The molecule has 10 aromatic rings. The van der Waals surface area contributed by atoms with Gasteiger partial charge in [0.1, 0.15) is 0 Å². The molecule has 0 saturated carbocycles. The first kappa shape index (κ1) is 35.3. The smallest absolute Gasteiger partial charge is 0.0714 e. The summed E-state index contributed by atoms with van der Waals surface area (Å²) < 4.78 is 2.48. The summed E-state index contributed by atoms with van der Waals surface area (Å²) in [6, 6.07) is 80.8. The number of fused-ring (bicyclic) bond motifs is 7. The molecule has 0 fully saturated rings. The number of benzene rings is 9. The highest BCUT2D eigenvalue weighted by atomic mass is 15.1. The molecule has 61 heavy (non-hydrogen) atoms. The summed E-state index contributed by atoms with van der Waals surface area (Å²) in [5.74, 6) is 0. The Kier molecular flexibility index (Phi) is 8.24. The van der Waals surface area contributed by atoms with Crippen molar-refractivity contribution < 1.29 is 0 Å². The number of aromatic nitrogens is 1. The van der Waals surface area contributed by atoms with Gasteiger partial charge in [-0.2, -0.15) is 0 Å². The molecule has 9 aromatic carbocycles. The molecule has 1 heterocycles. The molecule has 0 N–H and O–H groups in total. The van der Waals surface area contributed by atoms with E-state index in [1.165, 1.54) is 83.1 Å². The van der Waals surface area contributed by atoms with E-state index in [1.54, 1.807) is 0 Å². The fraction of sp³-hybridized carbons (Fsp3) is 0.0508. The van der Waals surface area contributed by atoms with Crippen molar-refractivity contribution in [2.45, 2.75) is 18.3 Å². The maximum Gasteiger partial charge on any atom is 0.0714 e. The third-order valence-electron chi connectivity index (χ3n) is 13.1. The van der Waals surface area contributed by atoms with Crippen LogP contribution >= 0.6 is 0 Å². The summed E-state index contributed by atoms with van der Waals surface area (Å²) in [6.07, 6.45) is 6.72. The topological polar surface area (TPSA) is 8.17 Å². The van der Waals surface area contributed by atoms with E-state index in [4.69, 9.17) is 0 Å². The van der Waals surface area contributed by atoms with Crippen LogP contribution in [-0.4, -0.2) is 4.57 Å². The second-order valence-electron chi connectivity index (χ2n) is 16.3. The van der Waals surface area contributed by atoms with Gasteiger partial charge in [-0.15, -0.1) is 0 Å². The number of allylic oxidation sites excluding steroid dienone is 1. The Morgan fingerprint density at radius 3 is 1.87 bits per heavy atom. The van der Waals surface area contributed by atoms with Crippen molar-refractivity contribution in [1.29, 1.82) is 0 Å². The van der Waals surface area contributed by atoms with E-state index < -0.39 is 5.41 Å². The molecular weight excluding hydrogens is 737 g/mol. The molecule has 1 aromatic heterocycles. The summed E-state index contributed by atoms with van der Waals surface area (Å²) in [7, 11) is 0. The summed E-state index contributed by atoms with van der Waals surface area (Å²) >= 11 is 0. The van der Waals surface area contributed by atoms with Gasteiger partial charge < -0.3 is 9.47 Å². The van der Waals surface area contributed by atoms with Crippen LogP contribution < -0.4 is 4.90 Å². The highest BCUT2D eigenvalue weighted by Crippen LogP contribution is 2.58. The predicted molar refractivity (Wildman–Crippen MR) is 256 cm³/mol. The number of hydrogen-bond acceptors (Lipinski definition) is 1. The average Bonchev–Trinajstić information content (AvgIpc) is 3.83. The molecule has 0 saturated heterocycles. The van der Waals surface area contributed by atoms with Gasteiger partial charge in [0.25, 0.3) is 0 Å². The second-order valence-corrected chi connectivity index (χ2v) is 16.3. The molecule has 2 aliphatic rings. The Balaban J connectivity index is 1.17. The Morgan fingerprint density at radius 2 is 1.10 bits per heavy atom. The molecule has 0 amide bonds. The van der Waals surface area contributed by atoms with Crippen LogP contribution in [0.25, 0.3) is 55.7 Å². The van der Waals surface area contributed by atoms with Crippen molar-refractivity contribution in [2.24, 2.45) is 0 Å². The first-order valence-corrected chi connectivity index (χ1v) is 21.4. The maximum atomic E-state index is 2.52. The molecule has 0 radical (unpaired) electrons. The predicted octanol–water partition coefficient (Wildman–Crippen LogP) is 15.2. The number of anilines is 3. The number of nitrogens with zero attached hydrogens (tertiary/aromatic N) is 2. The van der Waals surface area contributed by atoms with E-state index in [1.807, 2.05) is 0 Å². The lowest BCUT2D eigenvalue weighted by atomic mass is 9.67. The fourth-order valence-corrected chi connectivity index (χ4v) is 10.6. The van der Waals surface area contributed by atoms with Gasteiger partial charge >= 0.3 is 0 Å². The molecule has 12 rings (SSSR count). The summed E-state index contributed by atoms with van der Waals surface area (Å²) in [4.78, 5) is 2.52. The highest BCUT2D eigenvalue weighted by molar-refractivity contribution is 6.06. The van der Waals surface area contributed by atoms with Crippen molar-refractivity contribution in [2.75, 3.05) is 4.90 Å². The first-order valence-electron chi connectivity index (χ1n) is 21.4. The maximum absolute atomic E-state index is 2.52. The SMILES string of the molecule is C1=Cc2c(n(-c3ccccc3)c3ccc(N(c4ccc5c(c4)C(c4ccccc4)(c4ccccc4)c4ccccc4-5)c4ccc5ccccc5c4-c4ccccc4)cc23)CC1. The molecule has 0 bridgehead atoms. The van der Waals surface area contributed by atoms with Gasteiger partial charge in [-0.05, 0) is 111 Å². The lowest BCUT2D eigenvalue weighted by Crippen LogP contribution is -2.28. The van der Waals surface area contributed by atoms with Gasteiger partial charge in [-0.25, -0.2) is 0 Å². The standard InChI is InChI=1S/C59H42N2/c1-5-20-42(21-6-1)58-48-28-14-13-19-41(48)33-37-57(58)60(46-35-38-56-52(39-46)51-30-16-18-32-55(51)61(56)45-26-11-4-12-27-45)47-34-36-50-49-29-15-17-31-53(49)59(54(50)40-47,43-22-7-2-8-23-43)44-24-9-3-10-25-44/h1-17,19-31,33-40H,18,32H2. The third-order valence-corrected chi connectivity index (χ3v) is 13.1. The molecular formula is C59H42N2. The zero-order valence-corrected chi connectivity index (χ0v) is 33.7. The van der Waals surface area contributed by atoms with E-state index in [0.29, 0.717) is 0 Å². The first-order chi connectivity index (χ1) is 30.3. The summed E-state index contributed by atoms with van der Waals surface area (Å²) in [6.45, 7) is 0. The van der Waals surface area contributed by atoms with Gasteiger partial charge in [-0.1, -0.05) is 182 Å². The van der Waals surface area contributed by atoms with Crippen LogP contribution in [0.15, 0.2) is 224 Å². The van der Waals surface area contributed by atoms with Crippen molar-refractivity contribution >= 4 is 44.8 Å². The molecule has 0 atom stereocenters. The van der Waals surface area contributed by atoms with Crippen LogP contribution in [0.1, 0.15) is 39.9 Å². The Morgan fingerprint density at radius 1 is 0.475 bits per heavy atom. The monoisotopic (exact) mass is 778 g/mol. The quantitative estimate of drug-likeness (QED) is 0.156. The zero-order valence-electron chi connectivity index (χ0n) is 33.7. The van der Waals surface area contributed by atoms with Gasteiger partial charge in [0.15, 0.2) is 0 Å².